The molecule has 0 aromatic rings. The summed E-state index contributed by atoms with van der Waals surface area (Å²) in [6, 6.07) is -1.16. The van der Waals surface area contributed by atoms with E-state index >= 15 is 0 Å². The number of carbonyl (C=O) groups is 2. The van der Waals surface area contributed by atoms with Crippen molar-refractivity contribution in [2.45, 2.75) is 13.0 Å². The van der Waals surface area contributed by atoms with Crippen molar-refractivity contribution in [2.75, 3.05) is 7.05 Å². The molecule has 6 nitrogen and oxygen atoms in total. The molecule has 1 unspecified atom stereocenters. The van der Waals surface area contributed by atoms with Crippen LogP contribution in [0.15, 0.2) is 0 Å². The fourth-order valence-corrected chi connectivity index (χ4v) is 0.520. The lowest BCUT2D eigenvalue weighted by molar-refractivity contribution is -0.122. The Morgan fingerprint density at radius 2 is 2.00 bits per heavy atom. The third kappa shape index (κ3) is 3.41. The van der Waals surface area contributed by atoms with E-state index < -0.39 is 12.1 Å². The van der Waals surface area contributed by atoms with Gasteiger partial charge >= 0.3 is 6.03 Å². The van der Waals surface area contributed by atoms with Crippen molar-refractivity contribution < 1.29 is 9.59 Å². The molecule has 0 aromatic heterocycles. The summed E-state index contributed by atoms with van der Waals surface area (Å²) in [5, 5.41) is 4.67. The van der Waals surface area contributed by atoms with E-state index in [2.05, 4.69) is 10.6 Å². The number of hydrogen-bond acceptors (Lipinski definition) is 3. The Labute approximate surface area is 64.5 Å². The molecular formula is C5H12N4O2. The molecule has 1 atom stereocenters. The summed E-state index contributed by atoms with van der Waals surface area (Å²) in [5.74, 6) is 4.50. The molecule has 0 aliphatic heterocycles. The van der Waals surface area contributed by atoms with Crippen LogP contribution >= 0.6 is 0 Å². The maximum absolute atomic E-state index is 10.8. The first-order valence-electron chi connectivity index (χ1n) is 3.10. The van der Waals surface area contributed by atoms with Gasteiger partial charge in [0.15, 0.2) is 0 Å². The smallest absolute Gasteiger partial charge is 0.329 e. The van der Waals surface area contributed by atoms with Gasteiger partial charge in [0.25, 0.3) is 0 Å². The summed E-state index contributed by atoms with van der Waals surface area (Å²) in [6.07, 6.45) is 0. The van der Waals surface area contributed by atoms with E-state index in [-0.39, 0.29) is 5.91 Å². The molecule has 0 heterocycles. The highest BCUT2D eigenvalue weighted by Gasteiger charge is 2.11. The fraction of sp³-hybridized carbons (Fsp3) is 0.600. The van der Waals surface area contributed by atoms with Crippen molar-refractivity contribution in [3.63, 3.8) is 0 Å². The van der Waals surface area contributed by atoms with Crippen molar-refractivity contribution in [2.24, 2.45) is 5.84 Å². The Morgan fingerprint density at radius 1 is 1.45 bits per heavy atom. The summed E-state index contributed by atoms with van der Waals surface area (Å²) in [5.41, 5.74) is 1.84. The Balaban J connectivity index is 3.77. The molecular weight excluding hydrogens is 148 g/mol. The Hall–Kier alpha value is -1.30. The number of likely N-dealkylation sites (N-methyl/N-ethyl adjacent to an activating group) is 1. The molecule has 0 bridgehead atoms. The number of carbonyl (C=O) groups excluding carboxylic acids is 2. The van der Waals surface area contributed by atoms with Gasteiger partial charge in [-0.25, -0.2) is 10.6 Å². The van der Waals surface area contributed by atoms with Gasteiger partial charge in [0, 0.05) is 7.05 Å². The largest absolute Gasteiger partial charge is 0.357 e. The molecule has 0 fully saturated rings. The molecule has 6 heteroatoms. The van der Waals surface area contributed by atoms with Crippen LogP contribution in [0.3, 0.4) is 0 Å². The average molecular weight is 160 g/mol. The van der Waals surface area contributed by atoms with Crippen molar-refractivity contribution in [3.05, 3.63) is 0 Å². The van der Waals surface area contributed by atoms with E-state index in [9.17, 15) is 9.59 Å². The van der Waals surface area contributed by atoms with Gasteiger partial charge in [-0.1, -0.05) is 0 Å². The van der Waals surface area contributed by atoms with Crippen LogP contribution in [-0.4, -0.2) is 25.0 Å². The first-order chi connectivity index (χ1) is 5.11. The van der Waals surface area contributed by atoms with Crippen LogP contribution in [0.4, 0.5) is 4.79 Å². The average Bonchev–Trinajstić information content (AvgIpc) is 2.02. The van der Waals surface area contributed by atoms with Crippen molar-refractivity contribution in [1.29, 1.82) is 0 Å². The fourth-order valence-electron chi connectivity index (χ4n) is 0.520. The SMILES string of the molecule is CNC(=O)C(C)NC(=O)NN. The minimum absolute atomic E-state index is 0.270. The van der Waals surface area contributed by atoms with Gasteiger partial charge in [-0.05, 0) is 6.92 Å². The monoisotopic (exact) mass is 160 g/mol. The first-order valence-corrected chi connectivity index (χ1v) is 3.10. The molecule has 0 spiro atoms. The number of nitrogens with two attached hydrogens (primary N) is 1. The van der Waals surface area contributed by atoms with Crippen molar-refractivity contribution >= 4 is 11.9 Å². The Bertz CT molecular complexity index is 159. The molecule has 3 amide bonds. The Kier molecular flexibility index (Phi) is 3.97. The molecule has 0 rings (SSSR count). The second-order valence-corrected chi connectivity index (χ2v) is 1.95. The van der Waals surface area contributed by atoms with Gasteiger partial charge in [0.1, 0.15) is 6.04 Å². The molecule has 5 N–H and O–H groups in total. The number of hydrogen-bond donors (Lipinski definition) is 4. The van der Waals surface area contributed by atoms with Crippen LogP contribution in [0.1, 0.15) is 6.92 Å². The van der Waals surface area contributed by atoms with E-state index in [1.54, 1.807) is 6.92 Å². The van der Waals surface area contributed by atoms with Crippen LogP contribution in [0.25, 0.3) is 0 Å². The van der Waals surface area contributed by atoms with Gasteiger partial charge in [0.05, 0.1) is 0 Å². The van der Waals surface area contributed by atoms with Gasteiger partial charge in [0.2, 0.25) is 5.91 Å². The Morgan fingerprint density at radius 3 is 2.36 bits per heavy atom. The molecule has 0 aliphatic carbocycles. The lowest BCUT2D eigenvalue weighted by Gasteiger charge is -2.10. The van der Waals surface area contributed by atoms with E-state index in [1.165, 1.54) is 7.05 Å². The second-order valence-electron chi connectivity index (χ2n) is 1.95. The van der Waals surface area contributed by atoms with Crippen molar-refractivity contribution in [3.8, 4) is 0 Å². The van der Waals surface area contributed by atoms with Gasteiger partial charge in [-0.15, -0.1) is 0 Å². The van der Waals surface area contributed by atoms with E-state index in [0.717, 1.165) is 0 Å². The summed E-state index contributed by atoms with van der Waals surface area (Å²) in [6.45, 7) is 1.55. The highest BCUT2D eigenvalue weighted by Crippen LogP contribution is 1.79. The minimum Gasteiger partial charge on any atom is -0.357 e. The predicted molar refractivity (Wildman–Crippen MR) is 39.4 cm³/mol. The lowest BCUT2D eigenvalue weighted by Crippen LogP contribution is -2.49. The van der Waals surface area contributed by atoms with E-state index in [0.29, 0.717) is 0 Å². The molecule has 64 valence electrons. The van der Waals surface area contributed by atoms with Crippen LogP contribution in [0, 0.1) is 0 Å². The zero-order valence-electron chi connectivity index (χ0n) is 6.47. The topological polar surface area (TPSA) is 96.2 Å². The molecule has 0 saturated heterocycles. The summed E-state index contributed by atoms with van der Waals surface area (Å²) < 4.78 is 0. The molecule has 0 aliphatic rings. The zero-order valence-corrected chi connectivity index (χ0v) is 6.47. The number of urea groups is 1. The van der Waals surface area contributed by atoms with Crippen LogP contribution in [0.5, 0.6) is 0 Å². The highest BCUT2D eigenvalue weighted by atomic mass is 16.2. The van der Waals surface area contributed by atoms with E-state index in [4.69, 9.17) is 5.84 Å². The van der Waals surface area contributed by atoms with Crippen LogP contribution in [0.2, 0.25) is 0 Å². The number of nitrogens with one attached hydrogen (secondary N) is 3. The molecule has 0 radical (unpaired) electrons. The third-order valence-electron chi connectivity index (χ3n) is 1.12. The van der Waals surface area contributed by atoms with Crippen LogP contribution < -0.4 is 21.9 Å². The maximum Gasteiger partial charge on any atom is 0.329 e. The van der Waals surface area contributed by atoms with E-state index in [1.807, 2.05) is 5.43 Å². The summed E-state index contributed by atoms with van der Waals surface area (Å²) in [7, 11) is 1.49. The molecule has 11 heavy (non-hydrogen) atoms. The summed E-state index contributed by atoms with van der Waals surface area (Å²) >= 11 is 0. The lowest BCUT2D eigenvalue weighted by atomic mass is 10.3. The number of rotatable bonds is 2. The predicted octanol–water partition coefficient (Wildman–Crippen LogP) is -1.71. The third-order valence-corrected chi connectivity index (χ3v) is 1.12. The van der Waals surface area contributed by atoms with Gasteiger partial charge in [-0.3, -0.25) is 10.2 Å². The number of amides is 3. The normalized spacial score (nSPS) is 11.5. The first kappa shape index (κ1) is 9.70. The molecule has 0 saturated carbocycles. The zero-order chi connectivity index (χ0) is 8.85. The minimum atomic E-state index is -0.582. The molecule has 0 aromatic carbocycles. The quantitative estimate of drug-likeness (QED) is 0.220. The van der Waals surface area contributed by atoms with Crippen molar-refractivity contribution in [1.82, 2.24) is 16.1 Å². The number of hydrazine groups is 1. The standard InChI is InChI=1S/C5H12N4O2/c1-3(4(10)7-2)8-5(11)9-6/h3H,6H2,1-2H3,(H,7,10)(H2,8,9,11). The second kappa shape index (κ2) is 4.51. The highest BCUT2D eigenvalue weighted by molar-refractivity contribution is 5.86. The van der Waals surface area contributed by atoms with Gasteiger partial charge < -0.3 is 10.6 Å². The summed E-state index contributed by atoms with van der Waals surface area (Å²) in [4.78, 5) is 21.3. The van der Waals surface area contributed by atoms with Crippen LogP contribution in [-0.2, 0) is 4.79 Å². The van der Waals surface area contributed by atoms with Gasteiger partial charge in [-0.2, -0.15) is 0 Å². The maximum atomic E-state index is 10.8.